The molecule has 0 spiro atoms. The molecule has 2 aromatic rings. The van der Waals surface area contributed by atoms with Crippen molar-refractivity contribution in [3.63, 3.8) is 0 Å². The van der Waals surface area contributed by atoms with Crippen LogP contribution in [0.5, 0.6) is 5.75 Å². The van der Waals surface area contributed by atoms with Crippen molar-refractivity contribution in [2.45, 2.75) is 62.8 Å². The Morgan fingerprint density at radius 3 is 2.77 bits per heavy atom. The summed E-state index contributed by atoms with van der Waals surface area (Å²) in [7, 11) is 1.76. The van der Waals surface area contributed by atoms with Gasteiger partial charge in [0.25, 0.3) is 11.8 Å². The Kier molecular flexibility index (Phi) is 6.63. The molecule has 0 bridgehead atoms. The van der Waals surface area contributed by atoms with Crippen molar-refractivity contribution >= 4 is 23.4 Å². The highest BCUT2D eigenvalue weighted by Crippen LogP contribution is 2.32. The third-order valence-electron chi connectivity index (χ3n) is 6.95. The normalized spacial score (nSPS) is 24.1. The first kappa shape index (κ1) is 23.2. The second kappa shape index (κ2) is 9.99. The number of anilines is 1. The van der Waals surface area contributed by atoms with Crippen LogP contribution in [0.15, 0.2) is 36.8 Å². The molecule has 184 valence electrons. The second-order valence-electron chi connectivity index (χ2n) is 9.32. The summed E-state index contributed by atoms with van der Waals surface area (Å²) in [6.07, 6.45) is 8.78. The van der Waals surface area contributed by atoms with E-state index in [1.807, 2.05) is 0 Å². The minimum absolute atomic E-state index is 0.0238. The Balaban J connectivity index is 1.26. The molecule has 10 heteroatoms. The van der Waals surface area contributed by atoms with E-state index < -0.39 is 5.91 Å². The van der Waals surface area contributed by atoms with E-state index in [-0.39, 0.29) is 42.4 Å². The number of amides is 3. The van der Waals surface area contributed by atoms with Crippen LogP contribution in [0.3, 0.4) is 0 Å². The lowest BCUT2D eigenvalue weighted by molar-refractivity contribution is -0.135. The van der Waals surface area contributed by atoms with Crippen LogP contribution in [0.1, 0.15) is 59.4 Å². The van der Waals surface area contributed by atoms with Crippen molar-refractivity contribution in [2.24, 2.45) is 0 Å². The summed E-state index contributed by atoms with van der Waals surface area (Å²) in [5.74, 6) is -0.184. The Bertz CT molecular complexity index is 1110. The monoisotopic (exact) mass is 479 g/mol. The van der Waals surface area contributed by atoms with Crippen molar-refractivity contribution < 1.29 is 23.9 Å². The summed E-state index contributed by atoms with van der Waals surface area (Å²) in [5, 5.41) is 5.82. The Labute approximate surface area is 203 Å². The third kappa shape index (κ3) is 5.12. The molecular formula is C25H29N5O5. The molecule has 3 amide bonds. The molecule has 35 heavy (non-hydrogen) atoms. The number of aromatic nitrogens is 2. The predicted molar refractivity (Wildman–Crippen MR) is 126 cm³/mol. The van der Waals surface area contributed by atoms with Gasteiger partial charge in [-0.05, 0) is 50.3 Å². The third-order valence-corrected chi connectivity index (χ3v) is 6.95. The highest BCUT2D eigenvalue weighted by atomic mass is 16.5. The fourth-order valence-electron chi connectivity index (χ4n) is 4.76. The quantitative estimate of drug-likeness (QED) is 0.674. The number of carbonyl (C=O) groups excluding carboxylic acids is 3. The molecule has 3 heterocycles. The van der Waals surface area contributed by atoms with Crippen LogP contribution in [-0.4, -0.2) is 70.5 Å². The summed E-state index contributed by atoms with van der Waals surface area (Å²) in [4.78, 5) is 47.7. The molecule has 1 saturated heterocycles. The molecule has 0 radical (unpaired) electrons. The van der Waals surface area contributed by atoms with Crippen molar-refractivity contribution in [2.75, 3.05) is 19.0 Å². The molecule has 5 rings (SSSR count). The number of carbonyl (C=O) groups is 3. The van der Waals surface area contributed by atoms with E-state index in [4.69, 9.17) is 9.47 Å². The molecule has 1 saturated carbocycles. The van der Waals surface area contributed by atoms with Crippen molar-refractivity contribution in [1.29, 1.82) is 0 Å². The number of nitrogens with zero attached hydrogens (tertiary/aromatic N) is 3. The molecule has 2 aliphatic heterocycles. The Morgan fingerprint density at radius 1 is 1.17 bits per heavy atom. The van der Waals surface area contributed by atoms with Gasteiger partial charge in [0.15, 0.2) is 0 Å². The van der Waals surface area contributed by atoms with E-state index in [1.165, 1.54) is 25.0 Å². The summed E-state index contributed by atoms with van der Waals surface area (Å²) in [6, 6.07) is 5.09. The summed E-state index contributed by atoms with van der Waals surface area (Å²) in [6.45, 7) is 0.265. The second-order valence-corrected chi connectivity index (χ2v) is 9.32. The van der Waals surface area contributed by atoms with E-state index >= 15 is 0 Å². The van der Waals surface area contributed by atoms with E-state index in [1.54, 1.807) is 30.1 Å². The number of fused-ring (bicyclic) bond motifs is 2. The molecule has 1 aromatic carbocycles. The first-order chi connectivity index (χ1) is 17.0. The maximum Gasteiger partial charge on any atom is 0.275 e. The smallest absolute Gasteiger partial charge is 0.275 e. The van der Waals surface area contributed by atoms with E-state index in [2.05, 4.69) is 20.6 Å². The van der Waals surface area contributed by atoms with Crippen molar-refractivity contribution in [3.05, 3.63) is 48.0 Å². The lowest BCUT2D eigenvalue weighted by atomic mass is 9.92. The van der Waals surface area contributed by atoms with E-state index in [0.29, 0.717) is 35.9 Å². The first-order valence-corrected chi connectivity index (χ1v) is 12.0. The van der Waals surface area contributed by atoms with Crippen LogP contribution < -0.4 is 15.4 Å². The minimum atomic E-state index is -0.418. The SMILES string of the molecule is CN1C(=O)c2cc(NC(=O)c3cnccn3)ccc2OC[C@@H]2O[C@H](CC(=O)NC3CCC3)CC[C@@H]21. The van der Waals surface area contributed by atoms with Gasteiger partial charge in [0.2, 0.25) is 5.91 Å². The summed E-state index contributed by atoms with van der Waals surface area (Å²) < 4.78 is 12.2. The minimum Gasteiger partial charge on any atom is -0.490 e. The lowest BCUT2D eigenvalue weighted by Gasteiger charge is -2.42. The summed E-state index contributed by atoms with van der Waals surface area (Å²) in [5.41, 5.74) is 1.00. The molecule has 3 atom stereocenters. The number of benzene rings is 1. The van der Waals surface area contributed by atoms with Crippen molar-refractivity contribution in [1.82, 2.24) is 20.2 Å². The maximum atomic E-state index is 13.4. The largest absolute Gasteiger partial charge is 0.490 e. The molecule has 2 N–H and O–H groups in total. The Hall–Kier alpha value is -3.53. The van der Waals surface area contributed by atoms with Gasteiger partial charge >= 0.3 is 0 Å². The number of likely N-dealkylation sites (N-methyl/N-ethyl adjacent to an activating group) is 1. The van der Waals surface area contributed by atoms with E-state index in [9.17, 15) is 14.4 Å². The van der Waals surface area contributed by atoms with Gasteiger partial charge < -0.3 is 25.0 Å². The standard InChI is InChI=1S/C25H29N5O5/c1-30-20-7-6-17(12-23(31)28-15-3-2-4-15)35-22(20)14-34-21-8-5-16(11-18(21)25(30)33)29-24(32)19-13-26-9-10-27-19/h5,8-11,13,15,17,20,22H,2-4,6-7,12,14H2,1H3,(H,28,31)(H,29,32)/t17-,20-,22-/m0/s1. The summed E-state index contributed by atoms with van der Waals surface area (Å²) >= 11 is 0. The molecular weight excluding hydrogens is 450 g/mol. The van der Waals surface area contributed by atoms with E-state index in [0.717, 1.165) is 19.3 Å². The molecule has 0 unspecified atom stereocenters. The number of nitrogens with one attached hydrogen (secondary N) is 2. The molecule has 10 nitrogen and oxygen atoms in total. The molecule has 3 aliphatic rings. The molecule has 1 aliphatic carbocycles. The maximum absolute atomic E-state index is 13.4. The number of hydrogen-bond acceptors (Lipinski definition) is 7. The highest BCUT2D eigenvalue weighted by molar-refractivity contribution is 6.04. The lowest BCUT2D eigenvalue weighted by Crippen LogP contribution is -2.54. The number of ether oxygens (including phenoxy) is 2. The topological polar surface area (TPSA) is 123 Å². The van der Waals surface area contributed by atoms with Gasteiger partial charge in [-0.2, -0.15) is 0 Å². The zero-order valence-electron chi connectivity index (χ0n) is 19.6. The van der Waals surface area contributed by atoms with Gasteiger partial charge in [0.1, 0.15) is 24.2 Å². The van der Waals surface area contributed by atoms with Crippen LogP contribution in [0.25, 0.3) is 0 Å². The van der Waals surface area contributed by atoms with Gasteiger partial charge in [-0.1, -0.05) is 0 Å². The van der Waals surface area contributed by atoms with Gasteiger partial charge in [-0.3, -0.25) is 19.4 Å². The van der Waals surface area contributed by atoms with Crippen LogP contribution in [0.2, 0.25) is 0 Å². The van der Waals surface area contributed by atoms with Gasteiger partial charge in [-0.25, -0.2) is 4.98 Å². The van der Waals surface area contributed by atoms with Crippen LogP contribution >= 0.6 is 0 Å². The van der Waals surface area contributed by atoms with Crippen LogP contribution in [0, 0.1) is 0 Å². The first-order valence-electron chi connectivity index (χ1n) is 12.0. The fraction of sp³-hybridized carbons (Fsp3) is 0.480. The van der Waals surface area contributed by atoms with Gasteiger partial charge in [0.05, 0.1) is 30.3 Å². The highest BCUT2D eigenvalue weighted by Gasteiger charge is 2.39. The van der Waals surface area contributed by atoms with Crippen molar-refractivity contribution in [3.8, 4) is 5.75 Å². The number of rotatable bonds is 5. The zero-order chi connectivity index (χ0) is 24.4. The van der Waals surface area contributed by atoms with Gasteiger partial charge in [-0.15, -0.1) is 0 Å². The Morgan fingerprint density at radius 2 is 2.03 bits per heavy atom. The number of hydrogen-bond donors (Lipinski definition) is 2. The fourth-order valence-corrected chi connectivity index (χ4v) is 4.76. The van der Waals surface area contributed by atoms with Gasteiger partial charge in [0, 0.05) is 31.2 Å². The average Bonchev–Trinajstić information content (AvgIpc) is 2.84. The molecule has 2 fully saturated rings. The average molecular weight is 480 g/mol. The van der Waals surface area contributed by atoms with Crippen LogP contribution in [-0.2, 0) is 9.53 Å². The zero-order valence-corrected chi connectivity index (χ0v) is 19.6. The van der Waals surface area contributed by atoms with Crippen LogP contribution in [0.4, 0.5) is 5.69 Å². The predicted octanol–water partition coefficient (Wildman–Crippen LogP) is 2.17. The molecule has 1 aromatic heterocycles.